The minimum Gasteiger partial charge on any atom is -0.343 e. The molecule has 0 radical (unpaired) electrons. The number of likely N-dealkylation sites (tertiary alicyclic amines) is 1. The van der Waals surface area contributed by atoms with E-state index in [4.69, 9.17) is 0 Å². The zero-order valence-corrected chi connectivity index (χ0v) is 14.5. The van der Waals surface area contributed by atoms with Crippen molar-refractivity contribution >= 4 is 5.91 Å². The van der Waals surface area contributed by atoms with Gasteiger partial charge in [-0.25, -0.2) is 0 Å². The van der Waals surface area contributed by atoms with E-state index < -0.39 is 0 Å². The molecule has 0 bridgehead atoms. The highest BCUT2D eigenvalue weighted by Gasteiger charge is 2.42. The number of piperazine rings is 1. The highest BCUT2D eigenvalue weighted by Crippen LogP contribution is 2.39. The summed E-state index contributed by atoms with van der Waals surface area (Å²) < 4.78 is 0. The quantitative estimate of drug-likeness (QED) is 0.855. The number of carbonyl (C=O) groups excluding carboxylic acids is 1. The topological polar surface area (TPSA) is 26.8 Å². The fraction of sp³-hybridized carbons (Fsp3) is 0.632. The molecule has 0 spiro atoms. The molecule has 4 nitrogen and oxygen atoms in total. The smallest absolute Gasteiger partial charge is 0.222 e. The van der Waals surface area contributed by atoms with E-state index in [0.29, 0.717) is 12.3 Å². The van der Waals surface area contributed by atoms with Crippen molar-refractivity contribution in [1.29, 1.82) is 0 Å². The van der Waals surface area contributed by atoms with Crippen LogP contribution in [-0.4, -0.2) is 66.9 Å². The van der Waals surface area contributed by atoms with Crippen molar-refractivity contribution in [3.05, 3.63) is 35.9 Å². The molecule has 0 aliphatic carbocycles. The van der Waals surface area contributed by atoms with E-state index in [1.54, 1.807) is 0 Å². The number of piperidine rings is 1. The van der Waals surface area contributed by atoms with Crippen molar-refractivity contribution in [1.82, 2.24) is 14.7 Å². The second-order valence-corrected chi connectivity index (χ2v) is 6.92. The summed E-state index contributed by atoms with van der Waals surface area (Å²) in [4.78, 5) is 19.2. The Labute approximate surface area is 140 Å². The molecular formula is C19H29N3O. The van der Waals surface area contributed by atoms with Crippen molar-refractivity contribution in [3.63, 3.8) is 0 Å². The van der Waals surface area contributed by atoms with Gasteiger partial charge in [0.05, 0.1) is 0 Å². The monoisotopic (exact) mass is 315 g/mol. The molecule has 4 heteroatoms. The Morgan fingerprint density at radius 2 is 1.61 bits per heavy atom. The van der Waals surface area contributed by atoms with Crippen LogP contribution in [-0.2, 0) is 10.3 Å². The molecule has 23 heavy (non-hydrogen) atoms. The molecule has 0 unspecified atom stereocenters. The molecular weight excluding hydrogens is 286 g/mol. The summed E-state index contributed by atoms with van der Waals surface area (Å²) in [5.74, 6) is 0.296. The normalized spacial score (nSPS) is 23.0. The Morgan fingerprint density at radius 3 is 2.17 bits per heavy atom. The van der Waals surface area contributed by atoms with E-state index in [2.05, 4.69) is 52.1 Å². The average molecular weight is 315 g/mol. The van der Waals surface area contributed by atoms with Gasteiger partial charge in [-0.05, 0) is 25.5 Å². The minimum absolute atomic E-state index is 0.104. The van der Waals surface area contributed by atoms with Crippen molar-refractivity contribution in [2.75, 3.05) is 46.3 Å². The van der Waals surface area contributed by atoms with Crippen LogP contribution in [0, 0.1) is 0 Å². The number of benzene rings is 1. The number of nitrogens with zero attached hydrogens (tertiary/aromatic N) is 3. The molecule has 0 aromatic heterocycles. The molecule has 0 N–H and O–H groups in total. The highest BCUT2D eigenvalue weighted by molar-refractivity contribution is 5.75. The van der Waals surface area contributed by atoms with Gasteiger partial charge < -0.3 is 9.80 Å². The first-order valence-corrected chi connectivity index (χ1v) is 8.92. The second kappa shape index (κ2) is 7.02. The third kappa shape index (κ3) is 3.29. The second-order valence-electron chi connectivity index (χ2n) is 6.92. The minimum atomic E-state index is 0.104. The molecule has 3 rings (SSSR count). The first-order chi connectivity index (χ1) is 11.2. The van der Waals surface area contributed by atoms with Gasteiger partial charge in [-0.3, -0.25) is 9.69 Å². The number of hydrogen-bond acceptors (Lipinski definition) is 3. The lowest BCUT2D eigenvalue weighted by Gasteiger charge is -2.51. The predicted octanol–water partition coefficient (Wildman–Crippen LogP) is 2.16. The Hall–Kier alpha value is -1.39. The third-order valence-electron chi connectivity index (χ3n) is 5.67. The molecule has 1 amide bonds. The first-order valence-electron chi connectivity index (χ1n) is 8.92. The fourth-order valence-electron chi connectivity index (χ4n) is 4.12. The maximum atomic E-state index is 12.0. The molecule has 0 saturated carbocycles. The van der Waals surface area contributed by atoms with Gasteiger partial charge in [0.2, 0.25) is 5.91 Å². The fourth-order valence-corrected chi connectivity index (χ4v) is 4.12. The number of amides is 1. The van der Waals surface area contributed by atoms with Crippen LogP contribution in [0.3, 0.4) is 0 Å². The van der Waals surface area contributed by atoms with E-state index in [9.17, 15) is 4.79 Å². The maximum absolute atomic E-state index is 12.0. The molecule has 126 valence electrons. The number of likely N-dealkylation sites (N-methyl/N-ethyl adjacent to an activating group) is 1. The lowest BCUT2D eigenvalue weighted by atomic mass is 9.78. The highest BCUT2D eigenvalue weighted by atomic mass is 16.2. The lowest BCUT2D eigenvalue weighted by molar-refractivity contribution is -0.134. The van der Waals surface area contributed by atoms with Crippen LogP contribution in [0.5, 0.6) is 0 Å². The molecule has 2 saturated heterocycles. The van der Waals surface area contributed by atoms with Crippen LogP contribution >= 0.6 is 0 Å². The van der Waals surface area contributed by atoms with Crippen LogP contribution in [0.15, 0.2) is 30.3 Å². The third-order valence-corrected chi connectivity index (χ3v) is 5.67. The van der Waals surface area contributed by atoms with E-state index in [0.717, 1.165) is 52.1 Å². The Kier molecular flexibility index (Phi) is 5.02. The number of carbonyl (C=O) groups is 1. The first kappa shape index (κ1) is 16.5. The SMILES string of the molecule is CCC(=O)N1CCC(c2ccccc2)(N2CCN(C)CC2)CC1. The summed E-state index contributed by atoms with van der Waals surface area (Å²) in [5.41, 5.74) is 1.53. The van der Waals surface area contributed by atoms with Gasteiger partial charge in [0, 0.05) is 51.2 Å². The van der Waals surface area contributed by atoms with Gasteiger partial charge in [0.15, 0.2) is 0 Å². The van der Waals surface area contributed by atoms with Gasteiger partial charge >= 0.3 is 0 Å². The van der Waals surface area contributed by atoms with Crippen molar-refractivity contribution < 1.29 is 4.79 Å². The summed E-state index contributed by atoms with van der Waals surface area (Å²) in [5, 5.41) is 0. The van der Waals surface area contributed by atoms with Crippen LogP contribution in [0.1, 0.15) is 31.7 Å². The van der Waals surface area contributed by atoms with Crippen molar-refractivity contribution in [2.24, 2.45) is 0 Å². The summed E-state index contributed by atoms with van der Waals surface area (Å²) in [7, 11) is 2.20. The summed E-state index contributed by atoms with van der Waals surface area (Å²) >= 11 is 0. The summed E-state index contributed by atoms with van der Waals surface area (Å²) in [6.07, 6.45) is 2.71. The average Bonchev–Trinajstić information content (AvgIpc) is 2.62. The summed E-state index contributed by atoms with van der Waals surface area (Å²) in [6.45, 7) is 8.22. The van der Waals surface area contributed by atoms with E-state index >= 15 is 0 Å². The van der Waals surface area contributed by atoms with E-state index in [-0.39, 0.29) is 5.54 Å². The number of rotatable bonds is 3. The van der Waals surface area contributed by atoms with Crippen LogP contribution < -0.4 is 0 Å². The van der Waals surface area contributed by atoms with Gasteiger partial charge in [-0.15, -0.1) is 0 Å². The van der Waals surface area contributed by atoms with E-state index in [1.807, 2.05) is 6.92 Å². The summed E-state index contributed by atoms with van der Waals surface area (Å²) in [6, 6.07) is 10.9. The number of hydrogen-bond donors (Lipinski definition) is 0. The van der Waals surface area contributed by atoms with Crippen LogP contribution in [0.4, 0.5) is 0 Å². The molecule has 2 heterocycles. The van der Waals surface area contributed by atoms with Gasteiger partial charge in [0.1, 0.15) is 0 Å². The standard InChI is InChI=1S/C19H29N3O/c1-3-18(23)21-11-9-19(10-12-21,17-7-5-4-6-8-17)22-15-13-20(2)14-16-22/h4-8H,3,9-16H2,1-2H3. The van der Waals surface area contributed by atoms with Gasteiger partial charge in [0.25, 0.3) is 0 Å². The lowest BCUT2D eigenvalue weighted by Crippen LogP contribution is -2.59. The van der Waals surface area contributed by atoms with Gasteiger partial charge in [-0.2, -0.15) is 0 Å². The van der Waals surface area contributed by atoms with Crippen LogP contribution in [0.25, 0.3) is 0 Å². The zero-order valence-electron chi connectivity index (χ0n) is 14.5. The predicted molar refractivity (Wildman–Crippen MR) is 93.3 cm³/mol. The van der Waals surface area contributed by atoms with Crippen molar-refractivity contribution in [3.8, 4) is 0 Å². The zero-order chi connectivity index (χ0) is 16.3. The molecule has 1 aromatic rings. The van der Waals surface area contributed by atoms with Crippen molar-refractivity contribution in [2.45, 2.75) is 31.7 Å². The van der Waals surface area contributed by atoms with Crippen LogP contribution in [0.2, 0.25) is 0 Å². The largest absolute Gasteiger partial charge is 0.343 e. The Balaban J connectivity index is 1.83. The molecule has 0 atom stereocenters. The Morgan fingerprint density at radius 1 is 1.00 bits per heavy atom. The molecule has 1 aromatic carbocycles. The van der Waals surface area contributed by atoms with E-state index in [1.165, 1.54) is 5.56 Å². The molecule has 2 aliphatic heterocycles. The molecule has 2 aliphatic rings. The Bertz CT molecular complexity index is 515. The maximum Gasteiger partial charge on any atom is 0.222 e. The molecule has 2 fully saturated rings. The van der Waals surface area contributed by atoms with Gasteiger partial charge in [-0.1, -0.05) is 37.3 Å².